The number of nitrogens with one attached hydrogen (secondary N) is 1. The molecule has 4 aliphatic rings. The minimum atomic E-state index is -1.45. The first kappa shape index (κ1) is 23.8. The second kappa shape index (κ2) is 8.37. The van der Waals surface area contributed by atoms with Crippen LogP contribution in [0.3, 0.4) is 0 Å². The monoisotopic (exact) mass is 531 g/mol. The lowest BCUT2D eigenvalue weighted by Gasteiger charge is -2.31. The highest BCUT2D eigenvalue weighted by Crippen LogP contribution is 2.46. The van der Waals surface area contributed by atoms with Crippen molar-refractivity contribution in [3.63, 3.8) is 0 Å². The third-order valence-electron chi connectivity index (χ3n) is 7.84. The number of benzene rings is 1. The Kier molecular flexibility index (Phi) is 5.12. The molecule has 11 heteroatoms. The van der Waals surface area contributed by atoms with E-state index in [-0.39, 0.29) is 42.7 Å². The van der Waals surface area contributed by atoms with Gasteiger partial charge in [0.05, 0.1) is 23.6 Å². The van der Waals surface area contributed by atoms with E-state index in [1.165, 1.54) is 17.9 Å². The summed E-state index contributed by atoms with van der Waals surface area (Å²) in [4.78, 5) is 37.0. The van der Waals surface area contributed by atoms with Crippen molar-refractivity contribution in [1.29, 1.82) is 0 Å². The standard InChI is InChI=1S/C28H26FN5O5/c1-14-17-8-24(32-15-6-22-26(31-11-15)38-13-16-10-28(2,37)27(36)34(16)22)30-12-19(17)18-7-20(29)21(9-23(18)39-14)33-5-3-4-25(33)35/h6-9,11-12,14,16,37H,3-5,10,13H2,1-2H3,(H,30,32)/t14?,16-,28+/m0/s1. The Morgan fingerprint density at radius 1 is 1.13 bits per heavy atom. The molecular weight excluding hydrogens is 505 g/mol. The molecule has 2 fully saturated rings. The number of amides is 2. The van der Waals surface area contributed by atoms with Gasteiger partial charge in [-0.25, -0.2) is 14.4 Å². The van der Waals surface area contributed by atoms with Crippen LogP contribution in [-0.4, -0.2) is 51.7 Å². The van der Waals surface area contributed by atoms with Crippen molar-refractivity contribution >= 4 is 34.7 Å². The van der Waals surface area contributed by atoms with Gasteiger partial charge in [0.25, 0.3) is 5.91 Å². The van der Waals surface area contributed by atoms with Crippen LogP contribution in [0.4, 0.5) is 27.3 Å². The highest BCUT2D eigenvalue weighted by atomic mass is 19.1. The van der Waals surface area contributed by atoms with Gasteiger partial charge in [0.2, 0.25) is 11.8 Å². The summed E-state index contributed by atoms with van der Waals surface area (Å²) in [6.45, 7) is 4.18. The average Bonchev–Trinajstić information content (AvgIpc) is 3.43. The molecule has 200 valence electrons. The van der Waals surface area contributed by atoms with Crippen LogP contribution in [-0.2, 0) is 9.59 Å². The van der Waals surface area contributed by atoms with Crippen molar-refractivity contribution in [2.24, 2.45) is 0 Å². The van der Waals surface area contributed by atoms with Gasteiger partial charge in [-0.2, -0.15) is 0 Å². The molecule has 7 rings (SSSR count). The second-order valence-electron chi connectivity index (χ2n) is 10.7. The summed E-state index contributed by atoms with van der Waals surface area (Å²) in [5.74, 6) is 0.407. The van der Waals surface area contributed by atoms with Gasteiger partial charge < -0.3 is 24.8 Å². The van der Waals surface area contributed by atoms with E-state index < -0.39 is 11.4 Å². The number of aromatic nitrogens is 2. The minimum Gasteiger partial charge on any atom is -0.485 e. The molecule has 1 aromatic carbocycles. The normalized spacial score (nSPS) is 24.9. The van der Waals surface area contributed by atoms with Crippen LogP contribution in [0.25, 0.3) is 11.1 Å². The highest BCUT2D eigenvalue weighted by Gasteiger charge is 2.51. The first-order chi connectivity index (χ1) is 18.7. The lowest BCUT2D eigenvalue weighted by molar-refractivity contribution is -0.131. The number of anilines is 4. The number of hydrogen-bond acceptors (Lipinski definition) is 8. The molecule has 6 heterocycles. The number of fused-ring (bicyclic) bond motifs is 6. The molecule has 2 amide bonds. The predicted octanol–water partition coefficient (Wildman–Crippen LogP) is 3.86. The second-order valence-corrected chi connectivity index (χ2v) is 10.7. The first-order valence-corrected chi connectivity index (χ1v) is 13.0. The Morgan fingerprint density at radius 3 is 2.77 bits per heavy atom. The Labute approximate surface area is 223 Å². The number of halogens is 1. The number of hydrogen-bond donors (Lipinski definition) is 2. The van der Waals surface area contributed by atoms with Crippen LogP contribution in [0.1, 0.15) is 44.8 Å². The molecule has 2 N–H and O–H groups in total. The largest absolute Gasteiger partial charge is 0.485 e. The van der Waals surface area contributed by atoms with E-state index in [4.69, 9.17) is 9.47 Å². The fourth-order valence-corrected chi connectivity index (χ4v) is 5.93. The van der Waals surface area contributed by atoms with Crippen LogP contribution >= 0.6 is 0 Å². The molecule has 0 aliphatic carbocycles. The third-order valence-corrected chi connectivity index (χ3v) is 7.84. The zero-order chi connectivity index (χ0) is 27.1. The molecule has 2 saturated heterocycles. The lowest BCUT2D eigenvalue weighted by atomic mass is 9.94. The van der Waals surface area contributed by atoms with E-state index in [9.17, 15) is 14.7 Å². The van der Waals surface area contributed by atoms with Crippen molar-refractivity contribution in [1.82, 2.24) is 9.97 Å². The quantitative estimate of drug-likeness (QED) is 0.524. The molecule has 0 spiro atoms. The molecule has 1 unspecified atom stereocenters. The van der Waals surface area contributed by atoms with Crippen molar-refractivity contribution in [2.75, 3.05) is 28.3 Å². The fourth-order valence-electron chi connectivity index (χ4n) is 5.93. The topological polar surface area (TPSA) is 117 Å². The van der Waals surface area contributed by atoms with Crippen molar-refractivity contribution in [3.8, 4) is 22.8 Å². The van der Waals surface area contributed by atoms with Crippen molar-refractivity contribution in [3.05, 3.63) is 48.0 Å². The van der Waals surface area contributed by atoms with Crippen LogP contribution < -0.4 is 24.6 Å². The van der Waals surface area contributed by atoms with Gasteiger partial charge in [-0.1, -0.05) is 0 Å². The van der Waals surface area contributed by atoms with Gasteiger partial charge in [0.1, 0.15) is 41.4 Å². The summed E-state index contributed by atoms with van der Waals surface area (Å²) in [5, 5.41) is 13.7. The summed E-state index contributed by atoms with van der Waals surface area (Å²) in [6.07, 6.45) is 4.32. The summed E-state index contributed by atoms with van der Waals surface area (Å²) in [5.41, 5.74) is 2.01. The van der Waals surface area contributed by atoms with E-state index in [1.807, 2.05) is 13.0 Å². The molecule has 39 heavy (non-hydrogen) atoms. The predicted molar refractivity (Wildman–Crippen MR) is 140 cm³/mol. The Hall–Kier alpha value is -4.25. The zero-order valence-electron chi connectivity index (χ0n) is 21.4. The number of carbonyl (C=O) groups is 2. The highest BCUT2D eigenvalue weighted by molar-refractivity contribution is 6.03. The maximum absolute atomic E-state index is 15.1. The maximum Gasteiger partial charge on any atom is 0.259 e. The zero-order valence-corrected chi connectivity index (χ0v) is 21.4. The molecule has 0 saturated carbocycles. The van der Waals surface area contributed by atoms with Gasteiger partial charge in [-0.05, 0) is 38.5 Å². The Bertz CT molecular complexity index is 1560. The number of pyridine rings is 2. The summed E-state index contributed by atoms with van der Waals surface area (Å²) in [6, 6.07) is 6.33. The van der Waals surface area contributed by atoms with Gasteiger partial charge >= 0.3 is 0 Å². The van der Waals surface area contributed by atoms with Gasteiger partial charge in [-0.15, -0.1) is 0 Å². The summed E-state index contributed by atoms with van der Waals surface area (Å²) >= 11 is 0. The molecule has 0 bridgehead atoms. The first-order valence-electron chi connectivity index (χ1n) is 13.0. The number of ether oxygens (including phenoxy) is 2. The van der Waals surface area contributed by atoms with Gasteiger partial charge in [0.15, 0.2) is 0 Å². The minimum absolute atomic E-state index is 0.0892. The van der Waals surface area contributed by atoms with Gasteiger partial charge in [-0.3, -0.25) is 14.5 Å². The van der Waals surface area contributed by atoms with Crippen LogP contribution in [0, 0.1) is 5.82 Å². The summed E-state index contributed by atoms with van der Waals surface area (Å²) in [7, 11) is 0. The van der Waals surface area contributed by atoms with Crippen LogP contribution in [0.5, 0.6) is 11.6 Å². The van der Waals surface area contributed by atoms with Crippen LogP contribution in [0.2, 0.25) is 0 Å². The van der Waals surface area contributed by atoms with Crippen molar-refractivity contribution in [2.45, 2.75) is 50.9 Å². The van der Waals surface area contributed by atoms with Gasteiger partial charge in [0, 0.05) is 48.3 Å². The van der Waals surface area contributed by atoms with Crippen molar-refractivity contribution < 1.29 is 28.6 Å². The smallest absolute Gasteiger partial charge is 0.259 e. The molecule has 0 radical (unpaired) electrons. The van der Waals surface area contributed by atoms with E-state index in [0.29, 0.717) is 53.8 Å². The van der Waals surface area contributed by atoms with Crippen LogP contribution in [0.15, 0.2) is 36.7 Å². The number of rotatable bonds is 3. The van der Waals surface area contributed by atoms with E-state index in [2.05, 4.69) is 15.3 Å². The lowest BCUT2D eigenvalue weighted by Crippen LogP contribution is -2.43. The molecule has 10 nitrogen and oxygen atoms in total. The van der Waals surface area contributed by atoms with E-state index in [0.717, 1.165) is 11.1 Å². The van der Waals surface area contributed by atoms with E-state index in [1.54, 1.807) is 29.4 Å². The molecule has 3 aromatic rings. The SMILES string of the molecule is CC1Oc2cc(N3CCCC3=O)c(F)cc2-c2cnc(Nc3cnc4c(c3)N3C(=O)[C@](C)(O)C[C@H]3CO4)cc21. The Balaban J connectivity index is 1.19. The number of aliphatic hydroxyl groups is 1. The number of carbonyl (C=O) groups excluding carboxylic acids is 2. The maximum atomic E-state index is 15.1. The van der Waals surface area contributed by atoms with E-state index >= 15 is 4.39 Å². The molecule has 4 aliphatic heterocycles. The Morgan fingerprint density at radius 2 is 1.97 bits per heavy atom. The molecule has 3 atom stereocenters. The summed E-state index contributed by atoms with van der Waals surface area (Å²) < 4.78 is 27.0. The molecule has 2 aromatic heterocycles. The average molecular weight is 532 g/mol. The fraction of sp³-hybridized carbons (Fsp3) is 0.357. The molecular formula is C28H26FN5O5. The number of nitrogens with zero attached hydrogens (tertiary/aromatic N) is 4. The third kappa shape index (κ3) is 3.71.